The number of thiazole rings is 1. The van der Waals surface area contributed by atoms with Crippen molar-refractivity contribution in [1.82, 2.24) is 20.0 Å². The molecule has 17 heavy (non-hydrogen) atoms. The van der Waals surface area contributed by atoms with Crippen molar-refractivity contribution in [1.29, 1.82) is 0 Å². The summed E-state index contributed by atoms with van der Waals surface area (Å²) in [6, 6.07) is 3.49. The van der Waals surface area contributed by atoms with Crippen LogP contribution in [0.1, 0.15) is 10.5 Å². The predicted molar refractivity (Wildman–Crippen MR) is 60.1 cm³/mol. The zero-order valence-electron chi connectivity index (χ0n) is 8.48. The van der Waals surface area contributed by atoms with E-state index >= 15 is 0 Å². The van der Waals surface area contributed by atoms with Crippen LogP contribution in [0.3, 0.4) is 0 Å². The van der Waals surface area contributed by atoms with Gasteiger partial charge in [0.1, 0.15) is 5.69 Å². The number of aromatic nitrogens is 4. The zero-order valence-corrected chi connectivity index (χ0v) is 9.29. The maximum atomic E-state index is 10.9. The predicted octanol–water partition coefficient (Wildman–Crippen LogP) is 1.80. The van der Waals surface area contributed by atoms with Gasteiger partial charge in [-0.05, 0) is 12.1 Å². The Hall–Kier alpha value is -2.28. The largest absolute Gasteiger partial charge is 0.463 e. The van der Waals surface area contributed by atoms with Crippen molar-refractivity contribution in [3.8, 4) is 16.6 Å². The van der Waals surface area contributed by atoms with Crippen LogP contribution in [0.15, 0.2) is 34.4 Å². The summed E-state index contributed by atoms with van der Waals surface area (Å²) in [5.74, 6) is 0.535. The lowest BCUT2D eigenvalue weighted by Crippen LogP contribution is -1.98. The van der Waals surface area contributed by atoms with E-state index < -0.39 is 0 Å². The van der Waals surface area contributed by atoms with E-state index in [2.05, 4.69) is 15.3 Å². The Morgan fingerprint density at radius 2 is 2.41 bits per heavy atom. The number of aldehydes is 1. The highest BCUT2D eigenvalue weighted by molar-refractivity contribution is 7.12. The highest BCUT2D eigenvalue weighted by Crippen LogP contribution is 2.25. The second-order valence-corrected chi connectivity index (χ2v) is 4.02. The SMILES string of the molecule is O=Cc1nnn(-c2nccs2)c1-c1ccco1. The fourth-order valence-electron chi connectivity index (χ4n) is 1.47. The number of hydrogen-bond donors (Lipinski definition) is 0. The fraction of sp³-hybridized carbons (Fsp3) is 0. The molecule has 84 valence electrons. The van der Waals surface area contributed by atoms with Crippen molar-refractivity contribution in [2.45, 2.75) is 0 Å². The Morgan fingerprint density at radius 3 is 3.06 bits per heavy atom. The first-order chi connectivity index (χ1) is 8.40. The lowest BCUT2D eigenvalue weighted by molar-refractivity contribution is 0.111. The molecule has 7 heteroatoms. The number of nitrogens with zero attached hydrogens (tertiary/aromatic N) is 4. The molecule has 0 aliphatic heterocycles. The first-order valence-electron chi connectivity index (χ1n) is 4.75. The van der Waals surface area contributed by atoms with Gasteiger partial charge >= 0.3 is 0 Å². The van der Waals surface area contributed by atoms with Crippen molar-refractivity contribution < 1.29 is 9.21 Å². The molecule has 0 bridgehead atoms. The van der Waals surface area contributed by atoms with Gasteiger partial charge in [-0.25, -0.2) is 4.98 Å². The summed E-state index contributed by atoms with van der Waals surface area (Å²) in [6.07, 6.45) is 3.84. The van der Waals surface area contributed by atoms with Gasteiger partial charge in [0.05, 0.1) is 6.26 Å². The minimum atomic E-state index is 0.232. The third-order valence-corrected chi connectivity index (χ3v) is 2.91. The summed E-state index contributed by atoms with van der Waals surface area (Å²) in [7, 11) is 0. The van der Waals surface area contributed by atoms with Crippen molar-refractivity contribution >= 4 is 17.6 Å². The first-order valence-corrected chi connectivity index (χ1v) is 5.62. The molecule has 3 aromatic heterocycles. The number of furan rings is 1. The van der Waals surface area contributed by atoms with Gasteiger partial charge in [-0.3, -0.25) is 4.79 Å². The Labute approximate surface area is 99.5 Å². The normalized spacial score (nSPS) is 10.6. The van der Waals surface area contributed by atoms with E-state index in [4.69, 9.17) is 4.42 Å². The van der Waals surface area contributed by atoms with Crippen LogP contribution in [0.25, 0.3) is 16.6 Å². The smallest absolute Gasteiger partial charge is 0.212 e. The molecule has 3 aromatic rings. The van der Waals surface area contributed by atoms with Crippen LogP contribution in [-0.2, 0) is 0 Å². The van der Waals surface area contributed by atoms with Crippen molar-refractivity contribution in [2.24, 2.45) is 0 Å². The van der Waals surface area contributed by atoms with Gasteiger partial charge in [0.2, 0.25) is 5.13 Å². The van der Waals surface area contributed by atoms with E-state index in [0.717, 1.165) is 0 Å². The van der Waals surface area contributed by atoms with E-state index in [9.17, 15) is 4.79 Å². The summed E-state index contributed by atoms with van der Waals surface area (Å²) >= 11 is 1.40. The van der Waals surface area contributed by atoms with Gasteiger partial charge in [0, 0.05) is 11.6 Å². The number of carbonyl (C=O) groups is 1. The highest BCUT2D eigenvalue weighted by atomic mass is 32.1. The van der Waals surface area contributed by atoms with Crippen molar-refractivity contribution in [2.75, 3.05) is 0 Å². The summed E-state index contributed by atoms with van der Waals surface area (Å²) in [5, 5.41) is 10.2. The monoisotopic (exact) mass is 246 g/mol. The third-order valence-electron chi connectivity index (χ3n) is 2.16. The molecule has 6 nitrogen and oxygen atoms in total. The molecule has 0 saturated heterocycles. The lowest BCUT2D eigenvalue weighted by Gasteiger charge is -1.99. The topological polar surface area (TPSA) is 73.8 Å². The summed E-state index contributed by atoms with van der Waals surface area (Å²) in [4.78, 5) is 15.1. The first kappa shape index (κ1) is 9.91. The molecule has 0 amide bonds. The molecule has 0 aliphatic rings. The molecule has 0 aliphatic carbocycles. The minimum Gasteiger partial charge on any atom is -0.463 e. The summed E-state index contributed by atoms with van der Waals surface area (Å²) in [6.45, 7) is 0. The molecule has 0 spiro atoms. The third kappa shape index (κ3) is 1.56. The summed E-state index contributed by atoms with van der Waals surface area (Å²) < 4.78 is 6.77. The van der Waals surface area contributed by atoms with Gasteiger partial charge in [-0.2, -0.15) is 4.68 Å². The van der Waals surface area contributed by atoms with E-state index in [0.29, 0.717) is 22.9 Å². The van der Waals surface area contributed by atoms with E-state index in [1.165, 1.54) is 22.3 Å². The molecular weight excluding hydrogens is 240 g/mol. The quantitative estimate of drug-likeness (QED) is 0.659. The fourth-order valence-corrected chi connectivity index (χ4v) is 2.06. The maximum absolute atomic E-state index is 10.9. The molecule has 3 rings (SSSR count). The second-order valence-electron chi connectivity index (χ2n) is 3.14. The van der Waals surface area contributed by atoms with Gasteiger partial charge in [0.15, 0.2) is 17.7 Å². The van der Waals surface area contributed by atoms with Gasteiger partial charge in [-0.1, -0.05) is 5.21 Å². The number of hydrogen-bond acceptors (Lipinski definition) is 6. The number of carbonyl (C=O) groups excluding carboxylic acids is 1. The molecular formula is C10H6N4O2S. The molecule has 0 atom stereocenters. The Morgan fingerprint density at radius 1 is 1.47 bits per heavy atom. The number of rotatable bonds is 3. The highest BCUT2D eigenvalue weighted by Gasteiger charge is 2.19. The van der Waals surface area contributed by atoms with Gasteiger partial charge in [0.25, 0.3) is 0 Å². The van der Waals surface area contributed by atoms with Crippen LogP contribution in [0.5, 0.6) is 0 Å². The molecule has 0 N–H and O–H groups in total. The summed E-state index contributed by atoms with van der Waals surface area (Å²) in [5.41, 5.74) is 0.745. The van der Waals surface area contributed by atoms with Crippen LogP contribution >= 0.6 is 11.3 Å². The molecule has 0 radical (unpaired) electrons. The van der Waals surface area contributed by atoms with Crippen LogP contribution in [0.2, 0.25) is 0 Å². The minimum absolute atomic E-state index is 0.232. The van der Waals surface area contributed by atoms with Gasteiger partial charge in [-0.15, -0.1) is 16.4 Å². The molecule has 0 saturated carbocycles. The Bertz CT molecular complexity index is 627. The van der Waals surface area contributed by atoms with Crippen LogP contribution in [-0.4, -0.2) is 26.3 Å². The van der Waals surface area contributed by atoms with Crippen LogP contribution in [0.4, 0.5) is 0 Å². The van der Waals surface area contributed by atoms with Crippen LogP contribution in [0, 0.1) is 0 Å². The van der Waals surface area contributed by atoms with E-state index in [1.807, 2.05) is 5.38 Å². The maximum Gasteiger partial charge on any atom is 0.212 e. The average molecular weight is 246 g/mol. The van der Waals surface area contributed by atoms with Gasteiger partial charge < -0.3 is 4.42 Å². The Balaban J connectivity index is 2.24. The second kappa shape index (κ2) is 3.95. The molecule has 3 heterocycles. The van der Waals surface area contributed by atoms with E-state index in [-0.39, 0.29) is 5.69 Å². The van der Waals surface area contributed by atoms with Crippen LogP contribution < -0.4 is 0 Å². The van der Waals surface area contributed by atoms with E-state index in [1.54, 1.807) is 18.3 Å². The average Bonchev–Trinajstić information content (AvgIpc) is 3.09. The van der Waals surface area contributed by atoms with Crippen molar-refractivity contribution in [3.63, 3.8) is 0 Å². The zero-order chi connectivity index (χ0) is 11.7. The molecule has 0 fully saturated rings. The lowest BCUT2D eigenvalue weighted by atomic mass is 10.3. The standard InChI is InChI=1S/C10H6N4O2S/c15-6-7-9(8-2-1-4-16-8)14(13-12-7)10-11-3-5-17-10/h1-6H. The Kier molecular flexibility index (Phi) is 2.30. The molecule has 0 unspecified atom stereocenters. The van der Waals surface area contributed by atoms with Crippen molar-refractivity contribution in [3.05, 3.63) is 35.7 Å². The molecule has 0 aromatic carbocycles.